The topological polar surface area (TPSA) is 19.0 Å². The zero-order chi connectivity index (χ0) is 33.3. The first-order valence-electron chi connectivity index (χ1n) is 16.9. The highest BCUT2D eigenvalue weighted by molar-refractivity contribution is 7.26. The van der Waals surface area contributed by atoms with Gasteiger partial charge in [-0.25, -0.2) is 0 Å². The number of H-pyrrole nitrogens is 1. The number of thiophene rings is 1. The lowest BCUT2D eigenvalue weighted by molar-refractivity contribution is 0.660. The molecule has 3 heteroatoms. The molecule has 0 atom stereocenters. The number of aromatic nitrogens is 1. The molecule has 0 bridgehead atoms. The van der Waals surface area contributed by atoms with Crippen LogP contribution >= 0.6 is 11.3 Å². The van der Waals surface area contributed by atoms with Crippen LogP contribution in [-0.4, -0.2) is 4.98 Å². The number of benzene rings is 6. The zero-order valence-corrected chi connectivity index (χ0v) is 28.7. The van der Waals surface area contributed by atoms with Crippen molar-refractivity contribution in [2.45, 2.75) is 26.2 Å². The van der Waals surface area contributed by atoms with Crippen LogP contribution in [0.25, 0.3) is 65.5 Å². The fourth-order valence-electron chi connectivity index (χ4n) is 7.90. The number of nitrogens with zero attached hydrogens (tertiary/aromatic N) is 1. The Morgan fingerprint density at radius 3 is 2.16 bits per heavy atom. The van der Waals surface area contributed by atoms with Gasteiger partial charge in [0.2, 0.25) is 0 Å². The van der Waals surface area contributed by atoms with Crippen LogP contribution in [0.4, 0.5) is 17.1 Å². The van der Waals surface area contributed by atoms with Gasteiger partial charge in [0, 0.05) is 64.8 Å². The van der Waals surface area contributed by atoms with Gasteiger partial charge in [0.25, 0.3) is 0 Å². The number of allylic oxidation sites excluding steroid dienone is 1. The van der Waals surface area contributed by atoms with Gasteiger partial charge in [-0.2, -0.15) is 0 Å². The highest BCUT2D eigenvalue weighted by Gasteiger charge is 2.35. The Morgan fingerprint density at radius 1 is 0.673 bits per heavy atom. The first-order chi connectivity index (χ1) is 24.0. The molecule has 0 saturated heterocycles. The van der Waals surface area contributed by atoms with E-state index in [1.165, 1.54) is 64.5 Å². The number of aromatic amines is 1. The molecule has 0 unspecified atom stereocenters. The van der Waals surface area contributed by atoms with E-state index in [1.54, 1.807) is 0 Å². The predicted octanol–water partition coefficient (Wildman–Crippen LogP) is 13.7. The number of hydrogen-bond donors (Lipinski definition) is 1. The molecule has 1 N–H and O–H groups in total. The number of nitrogens with one attached hydrogen (secondary N) is 1. The van der Waals surface area contributed by atoms with E-state index in [0.29, 0.717) is 0 Å². The molecule has 49 heavy (non-hydrogen) atoms. The summed E-state index contributed by atoms with van der Waals surface area (Å²) in [7, 11) is 0. The monoisotopic (exact) mass is 648 g/mol. The maximum Gasteiger partial charge on any atom is 0.0479 e. The quantitative estimate of drug-likeness (QED) is 0.190. The fourth-order valence-corrected chi connectivity index (χ4v) is 9.14. The number of anilines is 3. The first kappa shape index (κ1) is 29.5. The lowest BCUT2D eigenvalue weighted by Crippen LogP contribution is -2.16. The van der Waals surface area contributed by atoms with Gasteiger partial charge in [0.15, 0.2) is 0 Å². The van der Waals surface area contributed by atoms with Gasteiger partial charge in [0.05, 0.1) is 0 Å². The van der Waals surface area contributed by atoms with Gasteiger partial charge >= 0.3 is 0 Å². The van der Waals surface area contributed by atoms with Crippen LogP contribution in [0, 0.1) is 0 Å². The van der Waals surface area contributed by atoms with Crippen LogP contribution in [0.5, 0.6) is 0 Å². The number of fused-ring (bicyclic) bond motifs is 8. The van der Waals surface area contributed by atoms with Crippen molar-refractivity contribution in [3.63, 3.8) is 0 Å². The minimum atomic E-state index is -0.0881. The van der Waals surface area contributed by atoms with E-state index in [-0.39, 0.29) is 5.41 Å². The molecule has 0 amide bonds. The molecule has 0 aliphatic heterocycles. The molecule has 1 aliphatic carbocycles. The molecule has 6 aromatic carbocycles. The van der Waals surface area contributed by atoms with Gasteiger partial charge in [-0.3, -0.25) is 0 Å². The summed E-state index contributed by atoms with van der Waals surface area (Å²) in [4.78, 5) is 6.01. The van der Waals surface area contributed by atoms with E-state index in [2.05, 4.69) is 177 Å². The van der Waals surface area contributed by atoms with E-state index < -0.39 is 0 Å². The zero-order valence-electron chi connectivity index (χ0n) is 27.9. The minimum absolute atomic E-state index is 0.0881. The van der Waals surface area contributed by atoms with Gasteiger partial charge in [0.1, 0.15) is 0 Å². The maximum atomic E-state index is 4.08. The molecule has 2 nitrogen and oxygen atoms in total. The molecule has 9 rings (SSSR count). The SMILES string of the molecule is C=Cc1[nH]c2ccc3c4cc(N(c5ccc(-c6ccccc6)cc5)c5ccc6c(c5)C(C)(C)c5ccccc5-6)ccc4sc3c2c1/C=C\C. The standard InChI is InChI=1S/C46H36N2S/c1-5-12-37-41(6-2)47-42-25-24-36-38-27-32(22-26-43(38)49-45(36)44(37)42)48(31-19-17-30(18-20-31)29-13-8-7-9-14-29)33-21-23-35-34-15-10-11-16-39(34)46(3,4)40(35)28-33/h5-28,47H,2H2,1,3-4H3/b12-5-. The maximum absolute atomic E-state index is 4.08. The Balaban J connectivity index is 1.24. The Bertz CT molecular complexity index is 2600. The summed E-state index contributed by atoms with van der Waals surface area (Å²) in [5.74, 6) is 0. The van der Waals surface area contributed by atoms with Crippen molar-refractivity contribution in [3.05, 3.63) is 162 Å². The van der Waals surface area contributed by atoms with Crippen LogP contribution < -0.4 is 4.90 Å². The lowest BCUT2D eigenvalue weighted by atomic mass is 9.82. The molecule has 8 aromatic rings. The molecule has 2 heterocycles. The fraction of sp³-hybridized carbons (Fsp3) is 0.0870. The lowest BCUT2D eigenvalue weighted by Gasteiger charge is -2.28. The average molecular weight is 649 g/mol. The average Bonchev–Trinajstić information content (AvgIpc) is 3.76. The third-order valence-corrected chi connectivity index (χ3v) is 11.5. The highest BCUT2D eigenvalue weighted by atomic mass is 32.1. The van der Waals surface area contributed by atoms with Crippen molar-refractivity contribution in [1.29, 1.82) is 0 Å². The third kappa shape index (κ3) is 4.53. The number of hydrogen-bond acceptors (Lipinski definition) is 2. The van der Waals surface area contributed by atoms with Crippen molar-refractivity contribution >= 4 is 71.6 Å². The second-order valence-corrected chi connectivity index (χ2v) is 14.5. The van der Waals surface area contributed by atoms with Crippen molar-refractivity contribution in [3.8, 4) is 22.3 Å². The summed E-state index contributed by atoms with van der Waals surface area (Å²) in [6, 6.07) is 47.0. The summed E-state index contributed by atoms with van der Waals surface area (Å²) < 4.78 is 2.59. The molecular weight excluding hydrogens is 613 g/mol. The molecule has 236 valence electrons. The summed E-state index contributed by atoms with van der Waals surface area (Å²) >= 11 is 1.87. The molecule has 0 fully saturated rings. The second-order valence-electron chi connectivity index (χ2n) is 13.5. The largest absolute Gasteiger partial charge is 0.354 e. The Morgan fingerprint density at radius 2 is 1.37 bits per heavy atom. The van der Waals surface area contributed by atoms with Gasteiger partial charge in [-0.1, -0.05) is 111 Å². The number of rotatable bonds is 6. The molecule has 0 saturated carbocycles. The normalized spacial score (nSPS) is 13.4. The summed E-state index contributed by atoms with van der Waals surface area (Å²) in [6.07, 6.45) is 6.22. The Hall–Kier alpha value is -5.64. The first-order valence-corrected chi connectivity index (χ1v) is 17.7. The van der Waals surface area contributed by atoms with E-state index in [9.17, 15) is 0 Å². The minimum Gasteiger partial charge on any atom is -0.354 e. The van der Waals surface area contributed by atoms with E-state index in [4.69, 9.17) is 0 Å². The van der Waals surface area contributed by atoms with Crippen LogP contribution in [0.3, 0.4) is 0 Å². The molecule has 0 radical (unpaired) electrons. The van der Waals surface area contributed by atoms with Crippen molar-refractivity contribution in [2.75, 3.05) is 4.90 Å². The van der Waals surface area contributed by atoms with Crippen molar-refractivity contribution < 1.29 is 0 Å². The predicted molar refractivity (Wildman–Crippen MR) is 214 cm³/mol. The smallest absolute Gasteiger partial charge is 0.0479 e. The van der Waals surface area contributed by atoms with E-state index in [0.717, 1.165) is 28.3 Å². The van der Waals surface area contributed by atoms with Crippen molar-refractivity contribution in [2.24, 2.45) is 0 Å². The third-order valence-electron chi connectivity index (χ3n) is 10.3. The van der Waals surface area contributed by atoms with Gasteiger partial charge in [-0.05, 0) is 94.9 Å². The molecule has 1 aliphatic rings. The second kappa shape index (κ2) is 11.2. The highest BCUT2D eigenvalue weighted by Crippen LogP contribution is 2.51. The summed E-state index contributed by atoms with van der Waals surface area (Å²) in [5, 5.41) is 3.81. The Kier molecular flexibility index (Phi) is 6.75. The summed E-state index contributed by atoms with van der Waals surface area (Å²) in [6.45, 7) is 10.9. The molecular formula is C46H36N2S. The van der Waals surface area contributed by atoms with Crippen molar-refractivity contribution in [1.82, 2.24) is 4.98 Å². The van der Waals surface area contributed by atoms with E-state index in [1.807, 2.05) is 17.4 Å². The van der Waals surface area contributed by atoms with Gasteiger partial charge in [-0.15, -0.1) is 11.3 Å². The van der Waals surface area contributed by atoms with Crippen LogP contribution in [0.15, 0.2) is 140 Å². The molecule has 2 aromatic heterocycles. The molecule has 0 spiro atoms. The van der Waals surface area contributed by atoms with Gasteiger partial charge < -0.3 is 9.88 Å². The van der Waals surface area contributed by atoms with Crippen LogP contribution in [0.2, 0.25) is 0 Å². The van der Waals surface area contributed by atoms with Crippen LogP contribution in [0.1, 0.15) is 43.2 Å². The Labute approximate surface area is 291 Å². The van der Waals surface area contributed by atoms with E-state index >= 15 is 0 Å². The summed E-state index contributed by atoms with van der Waals surface area (Å²) in [5.41, 5.74) is 14.6. The van der Waals surface area contributed by atoms with Crippen LogP contribution in [-0.2, 0) is 5.41 Å².